The van der Waals surface area contributed by atoms with Gasteiger partial charge < -0.3 is 9.30 Å². The second-order valence-electron chi connectivity index (χ2n) is 5.75. The molecule has 0 saturated carbocycles. The van der Waals surface area contributed by atoms with Crippen molar-refractivity contribution in [2.75, 3.05) is 6.61 Å². The molecule has 0 unspecified atom stereocenters. The van der Waals surface area contributed by atoms with Crippen LogP contribution in [0.1, 0.15) is 23.2 Å². The fraction of sp³-hybridized carbons (Fsp3) is 0.353. The summed E-state index contributed by atoms with van der Waals surface area (Å²) in [6, 6.07) is 5.67. The van der Waals surface area contributed by atoms with E-state index in [1.54, 1.807) is 5.38 Å². The lowest BCUT2D eigenvalue weighted by Gasteiger charge is -2.10. The number of hydrazine groups is 1. The molecule has 2 amide bonds. The van der Waals surface area contributed by atoms with Crippen molar-refractivity contribution in [3.05, 3.63) is 50.1 Å². The maximum Gasteiger partial charge on any atom is 0.307 e. The van der Waals surface area contributed by atoms with Crippen LogP contribution in [0.2, 0.25) is 0 Å². The van der Waals surface area contributed by atoms with Crippen molar-refractivity contribution >= 4 is 23.2 Å². The van der Waals surface area contributed by atoms with Crippen LogP contribution in [0.15, 0.2) is 28.4 Å². The Morgan fingerprint density at radius 2 is 1.72 bits per heavy atom. The van der Waals surface area contributed by atoms with Crippen LogP contribution in [0.5, 0.6) is 5.75 Å². The van der Waals surface area contributed by atoms with Crippen LogP contribution in [0.25, 0.3) is 0 Å². The van der Waals surface area contributed by atoms with Crippen molar-refractivity contribution < 1.29 is 14.3 Å². The highest BCUT2D eigenvalue weighted by Gasteiger charge is 2.08. The number of hydrogen-bond acceptors (Lipinski definition) is 5. The second kappa shape index (κ2) is 8.48. The number of aryl methyl sites for hydroxylation is 3. The van der Waals surface area contributed by atoms with Gasteiger partial charge in [-0.1, -0.05) is 17.4 Å². The molecule has 0 spiro atoms. The molecule has 1 aromatic carbocycles. The van der Waals surface area contributed by atoms with Crippen molar-refractivity contribution in [2.45, 2.75) is 33.7 Å². The average molecular weight is 363 g/mol. The van der Waals surface area contributed by atoms with Crippen molar-refractivity contribution in [1.29, 1.82) is 0 Å². The number of amides is 2. The molecule has 0 aliphatic rings. The molecule has 2 aromatic rings. The van der Waals surface area contributed by atoms with E-state index >= 15 is 0 Å². The number of hydrogen-bond donors (Lipinski definition) is 2. The summed E-state index contributed by atoms with van der Waals surface area (Å²) in [6.45, 7) is 5.77. The fourth-order valence-electron chi connectivity index (χ4n) is 2.29. The Labute approximate surface area is 149 Å². The molecule has 2 rings (SSSR count). The lowest BCUT2D eigenvalue weighted by atomic mass is 10.1. The van der Waals surface area contributed by atoms with Crippen LogP contribution in [0.4, 0.5) is 0 Å². The largest absolute Gasteiger partial charge is 0.484 e. The monoisotopic (exact) mass is 363 g/mol. The number of ether oxygens (including phenoxy) is 1. The van der Waals surface area contributed by atoms with E-state index in [4.69, 9.17) is 4.74 Å². The standard InChI is InChI=1S/C17H21N3O4S/c1-11-6-12(2)8-14(7-11)24-9-16(22)19-18-15(21)4-5-20-13(3)10-25-17(20)23/h6-8,10H,4-5,9H2,1-3H3,(H,18,21)(H,19,22). The normalized spacial score (nSPS) is 10.4. The van der Waals surface area contributed by atoms with Gasteiger partial charge in [0, 0.05) is 24.0 Å². The molecule has 0 aliphatic heterocycles. The van der Waals surface area contributed by atoms with Gasteiger partial charge in [-0.3, -0.25) is 25.2 Å². The highest BCUT2D eigenvalue weighted by atomic mass is 32.1. The third-order valence-electron chi connectivity index (χ3n) is 3.45. The molecule has 0 bridgehead atoms. The Kier molecular flexibility index (Phi) is 6.35. The van der Waals surface area contributed by atoms with Crippen LogP contribution in [-0.4, -0.2) is 23.0 Å². The number of benzene rings is 1. The number of rotatable bonds is 6. The molecule has 0 radical (unpaired) electrons. The van der Waals surface area contributed by atoms with Crippen LogP contribution >= 0.6 is 11.3 Å². The molecule has 134 valence electrons. The SMILES string of the molecule is Cc1cc(C)cc(OCC(=O)NNC(=O)CCn2c(C)csc2=O)c1. The van der Waals surface area contributed by atoms with E-state index in [2.05, 4.69) is 10.9 Å². The summed E-state index contributed by atoms with van der Waals surface area (Å²) in [5.41, 5.74) is 7.51. The molecular formula is C17H21N3O4S. The third kappa shape index (κ3) is 5.75. The summed E-state index contributed by atoms with van der Waals surface area (Å²) in [5.74, 6) is -0.236. The van der Waals surface area contributed by atoms with Gasteiger partial charge >= 0.3 is 4.87 Å². The van der Waals surface area contributed by atoms with Crippen LogP contribution in [-0.2, 0) is 16.1 Å². The Morgan fingerprint density at radius 3 is 2.32 bits per heavy atom. The Morgan fingerprint density at radius 1 is 1.08 bits per heavy atom. The molecule has 7 nitrogen and oxygen atoms in total. The van der Waals surface area contributed by atoms with Gasteiger partial charge in [0.2, 0.25) is 5.91 Å². The van der Waals surface area contributed by atoms with Gasteiger partial charge in [-0.05, 0) is 44.0 Å². The highest BCUT2D eigenvalue weighted by Crippen LogP contribution is 2.15. The number of carbonyl (C=O) groups excluding carboxylic acids is 2. The zero-order chi connectivity index (χ0) is 18.4. The molecule has 1 heterocycles. The van der Waals surface area contributed by atoms with Gasteiger partial charge in [-0.15, -0.1) is 0 Å². The van der Waals surface area contributed by atoms with Crippen molar-refractivity contribution in [1.82, 2.24) is 15.4 Å². The van der Waals surface area contributed by atoms with Crippen molar-refractivity contribution in [3.8, 4) is 5.75 Å². The van der Waals surface area contributed by atoms with Gasteiger partial charge in [0.1, 0.15) is 5.75 Å². The Bertz CT molecular complexity index is 805. The summed E-state index contributed by atoms with van der Waals surface area (Å²) in [4.78, 5) is 34.9. The Balaban J connectivity index is 1.72. The summed E-state index contributed by atoms with van der Waals surface area (Å²) < 4.78 is 6.93. The first-order valence-electron chi connectivity index (χ1n) is 7.79. The first-order chi connectivity index (χ1) is 11.8. The topological polar surface area (TPSA) is 89.4 Å². The maximum atomic E-state index is 11.8. The lowest BCUT2D eigenvalue weighted by Crippen LogP contribution is -2.44. The molecule has 0 fully saturated rings. The Hall–Kier alpha value is -2.61. The zero-order valence-electron chi connectivity index (χ0n) is 14.4. The van der Waals surface area contributed by atoms with E-state index in [0.717, 1.165) is 28.2 Å². The summed E-state index contributed by atoms with van der Waals surface area (Å²) in [5, 5.41) is 1.74. The highest BCUT2D eigenvalue weighted by molar-refractivity contribution is 7.07. The third-order valence-corrected chi connectivity index (χ3v) is 4.33. The van der Waals surface area contributed by atoms with Crippen LogP contribution in [0.3, 0.4) is 0 Å². The molecule has 0 atom stereocenters. The molecular weight excluding hydrogens is 342 g/mol. The lowest BCUT2D eigenvalue weighted by molar-refractivity contribution is -0.130. The van der Waals surface area contributed by atoms with Crippen molar-refractivity contribution in [3.63, 3.8) is 0 Å². The van der Waals surface area contributed by atoms with E-state index in [1.165, 1.54) is 4.57 Å². The van der Waals surface area contributed by atoms with Gasteiger partial charge in [0.05, 0.1) is 0 Å². The van der Waals surface area contributed by atoms with Gasteiger partial charge in [-0.2, -0.15) is 0 Å². The molecule has 8 heteroatoms. The number of thiazole rings is 1. The first-order valence-corrected chi connectivity index (χ1v) is 8.67. The quantitative estimate of drug-likeness (QED) is 0.760. The molecule has 0 saturated heterocycles. The predicted octanol–water partition coefficient (Wildman–Crippen LogP) is 1.45. The number of nitrogens with zero attached hydrogens (tertiary/aromatic N) is 1. The van der Waals surface area contributed by atoms with E-state index in [1.807, 2.05) is 39.0 Å². The van der Waals surface area contributed by atoms with Crippen molar-refractivity contribution in [2.24, 2.45) is 0 Å². The molecule has 0 aliphatic carbocycles. The smallest absolute Gasteiger partial charge is 0.307 e. The number of carbonyl (C=O) groups is 2. The van der Waals surface area contributed by atoms with Gasteiger partial charge in [-0.25, -0.2) is 0 Å². The molecule has 25 heavy (non-hydrogen) atoms. The fourth-order valence-corrected chi connectivity index (χ4v) is 3.05. The first kappa shape index (κ1) is 18.7. The summed E-state index contributed by atoms with van der Waals surface area (Å²) in [6.07, 6.45) is 0.0929. The number of nitrogens with one attached hydrogen (secondary N) is 2. The molecule has 2 N–H and O–H groups in total. The van der Waals surface area contributed by atoms with E-state index in [9.17, 15) is 14.4 Å². The minimum atomic E-state index is -0.462. The van der Waals surface area contributed by atoms with Crippen LogP contribution < -0.4 is 20.5 Å². The van der Waals surface area contributed by atoms with Crippen LogP contribution in [0, 0.1) is 20.8 Å². The predicted molar refractivity (Wildman–Crippen MR) is 95.6 cm³/mol. The summed E-state index contributed by atoms with van der Waals surface area (Å²) in [7, 11) is 0. The molecule has 1 aromatic heterocycles. The van der Waals surface area contributed by atoms with E-state index in [0.29, 0.717) is 5.75 Å². The van der Waals surface area contributed by atoms with Gasteiger partial charge in [0.25, 0.3) is 5.91 Å². The second-order valence-corrected chi connectivity index (χ2v) is 6.57. The minimum absolute atomic E-state index is 0.0929. The maximum absolute atomic E-state index is 11.8. The minimum Gasteiger partial charge on any atom is -0.484 e. The zero-order valence-corrected chi connectivity index (χ0v) is 15.2. The summed E-state index contributed by atoms with van der Waals surface area (Å²) >= 11 is 1.10. The number of aromatic nitrogens is 1. The van der Waals surface area contributed by atoms with Gasteiger partial charge in [0.15, 0.2) is 6.61 Å². The van der Waals surface area contributed by atoms with E-state index in [-0.39, 0.29) is 30.4 Å². The average Bonchev–Trinajstić information content (AvgIpc) is 2.86. The van der Waals surface area contributed by atoms with E-state index < -0.39 is 5.91 Å².